The van der Waals surface area contributed by atoms with Gasteiger partial charge in [-0.15, -0.1) is 0 Å². The Morgan fingerprint density at radius 2 is 1.85 bits per heavy atom. The fourth-order valence-corrected chi connectivity index (χ4v) is 3.75. The van der Waals surface area contributed by atoms with Gasteiger partial charge in [-0.05, 0) is 49.6 Å². The van der Waals surface area contributed by atoms with Gasteiger partial charge in [-0.25, -0.2) is 12.7 Å². The Morgan fingerprint density at radius 1 is 1.20 bits per heavy atom. The van der Waals surface area contributed by atoms with Gasteiger partial charge in [0.1, 0.15) is 0 Å². The van der Waals surface area contributed by atoms with Crippen molar-refractivity contribution in [1.29, 1.82) is 0 Å². The van der Waals surface area contributed by atoms with Gasteiger partial charge in [-0.2, -0.15) is 0 Å². The van der Waals surface area contributed by atoms with E-state index in [1.807, 2.05) is 27.7 Å². The Kier molecular flexibility index (Phi) is 6.17. The highest BCUT2D eigenvalue weighted by Crippen LogP contribution is 2.24. The summed E-state index contributed by atoms with van der Waals surface area (Å²) >= 11 is 0. The first-order chi connectivity index (χ1) is 9.34. The lowest BCUT2D eigenvalue weighted by Gasteiger charge is -2.19. The monoisotopic (exact) mass is 298 g/mol. The van der Waals surface area contributed by atoms with Gasteiger partial charge in [-0.1, -0.05) is 19.9 Å². The summed E-state index contributed by atoms with van der Waals surface area (Å²) < 4.78 is 26.7. The number of hydrogen-bond donors (Lipinski definition) is 1. The molecule has 1 aromatic rings. The smallest absolute Gasteiger partial charge is 0.243 e. The molecule has 1 aromatic carbocycles. The lowest BCUT2D eigenvalue weighted by Crippen LogP contribution is -2.28. The zero-order valence-electron chi connectivity index (χ0n) is 13.2. The lowest BCUT2D eigenvalue weighted by atomic mass is 10.1. The molecule has 114 valence electrons. The van der Waals surface area contributed by atoms with Gasteiger partial charge in [0, 0.05) is 20.1 Å². The molecule has 1 N–H and O–H groups in total. The predicted octanol–water partition coefficient (Wildman–Crippen LogP) is 2.44. The molecular weight excluding hydrogens is 272 g/mol. The third kappa shape index (κ3) is 3.81. The highest BCUT2D eigenvalue weighted by Gasteiger charge is 2.23. The van der Waals surface area contributed by atoms with Gasteiger partial charge in [0.15, 0.2) is 0 Å². The zero-order valence-corrected chi connectivity index (χ0v) is 14.0. The zero-order chi connectivity index (χ0) is 15.3. The van der Waals surface area contributed by atoms with Crippen LogP contribution in [0.1, 0.15) is 37.0 Å². The van der Waals surface area contributed by atoms with E-state index in [-0.39, 0.29) is 0 Å². The van der Waals surface area contributed by atoms with Crippen molar-refractivity contribution in [1.82, 2.24) is 9.62 Å². The molecule has 0 fully saturated rings. The second-order valence-electron chi connectivity index (χ2n) is 5.14. The number of hydrogen-bond acceptors (Lipinski definition) is 3. The van der Waals surface area contributed by atoms with Crippen LogP contribution < -0.4 is 5.32 Å². The molecule has 0 aliphatic heterocycles. The first-order valence-corrected chi connectivity index (χ1v) is 8.55. The summed E-state index contributed by atoms with van der Waals surface area (Å²) in [5.41, 5.74) is 2.87. The van der Waals surface area contributed by atoms with E-state index in [9.17, 15) is 8.42 Å². The van der Waals surface area contributed by atoms with Gasteiger partial charge in [0.2, 0.25) is 10.0 Å². The van der Waals surface area contributed by atoms with E-state index < -0.39 is 10.0 Å². The largest absolute Gasteiger partial charge is 0.313 e. The van der Waals surface area contributed by atoms with Crippen LogP contribution in [-0.2, 0) is 16.6 Å². The summed E-state index contributed by atoms with van der Waals surface area (Å²) in [4.78, 5) is 0.432. The summed E-state index contributed by atoms with van der Waals surface area (Å²) in [6.07, 6.45) is 0.810. The molecule has 1 rings (SSSR count). The Hall–Kier alpha value is -0.910. The molecule has 4 nitrogen and oxygen atoms in total. The van der Waals surface area contributed by atoms with Crippen LogP contribution in [0, 0.1) is 13.8 Å². The molecular formula is C15H26N2O2S. The van der Waals surface area contributed by atoms with Gasteiger partial charge >= 0.3 is 0 Å². The SMILES string of the molecule is CCCN(C)S(=O)(=O)c1cc(CNCC)cc(C)c1C. The normalized spacial score (nSPS) is 12.1. The summed E-state index contributed by atoms with van der Waals surface area (Å²) in [6, 6.07) is 3.85. The van der Waals surface area contributed by atoms with E-state index in [0.29, 0.717) is 18.0 Å². The van der Waals surface area contributed by atoms with Crippen LogP contribution >= 0.6 is 0 Å². The number of nitrogens with one attached hydrogen (secondary N) is 1. The molecule has 0 saturated heterocycles. The van der Waals surface area contributed by atoms with Crippen LogP contribution in [0.5, 0.6) is 0 Å². The summed E-state index contributed by atoms with van der Waals surface area (Å²) in [5.74, 6) is 0. The molecule has 0 atom stereocenters. The second kappa shape index (κ2) is 7.20. The lowest BCUT2D eigenvalue weighted by molar-refractivity contribution is 0.468. The van der Waals surface area contributed by atoms with Crippen LogP contribution in [-0.4, -0.2) is 32.9 Å². The standard InChI is InChI=1S/C15H26N2O2S/c1-6-8-17(5)20(18,19)15-10-14(11-16-7-2)9-12(3)13(15)4/h9-10,16H,6-8,11H2,1-5H3. The molecule has 0 saturated carbocycles. The molecule has 0 heterocycles. The van der Waals surface area contributed by atoms with Crippen LogP contribution in [0.3, 0.4) is 0 Å². The molecule has 0 bridgehead atoms. The average molecular weight is 298 g/mol. The van der Waals surface area contributed by atoms with E-state index in [2.05, 4.69) is 11.4 Å². The number of sulfonamides is 1. The molecule has 0 amide bonds. The number of rotatable bonds is 7. The molecule has 0 unspecified atom stereocenters. The van der Waals surface area contributed by atoms with Gasteiger partial charge in [-0.3, -0.25) is 0 Å². The number of aryl methyl sites for hydroxylation is 1. The van der Waals surface area contributed by atoms with Crippen molar-refractivity contribution in [2.45, 2.75) is 45.6 Å². The Bertz CT molecular complexity index is 553. The molecule has 5 heteroatoms. The molecule has 0 aromatic heterocycles. The van der Waals surface area contributed by atoms with E-state index in [1.54, 1.807) is 13.1 Å². The predicted molar refractivity (Wildman–Crippen MR) is 83.4 cm³/mol. The first kappa shape index (κ1) is 17.1. The maximum absolute atomic E-state index is 12.6. The Balaban J connectivity index is 3.25. The van der Waals surface area contributed by atoms with Crippen molar-refractivity contribution in [3.05, 3.63) is 28.8 Å². The van der Waals surface area contributed by atoms with Gasteiger partial charge < -0.3 is 5.32 Å². The van der Waals surface area contributed by atoms with Crippen molar-refractivity contribution < 1.29 is 8.42 Å². The molecule has 0 aliphatic carbocycles. The van der Waals surface area contributed by atoms with Crippen LogP contribution in [0.25, 0.3) is 0 Å². The fraction of sp³-hybridized carbons (Fsp3) is 0.600. The molecule has 0 spiro atoms. The van der Waals surface area contributed by atoms with E-state index in [1.165, 1.54) is 4.31 Å². The molecule has 20 heavy (non-hydrogen) atoms. The van der Waals surface area contributed by atoms with Crippen molar-refractivity contribution >= 4 is 10.0 Å². The number of benzene rings is 1. The van der Waals surface area contributed by atoms with Gasteiger partial charge in [0.25, 0.3) is 0 Å². The maximum atomic E-state index is 12.6. The van der Waals surface area contributed by atoms with Crippen molar-refractivity contribution in [2.75, 3.05) is 20.1 Å². The summed E-state index contributed by atoms with van der Waals surface area (Å²) in [5, 5.41) is 3.24. The third-order valence-corrected chi connectivity index (χ3v) is 5.47. The van der Waals surface area contributed by atoms with E-state index >= 15 is 0 Å². The minimum absolute atomic E-state index is 0.432. The van der Waals surface area contributed by atoms with Crippen LogP contribution in [0.15, 0.2) is 17.0 Å². The van der Waals surface area contributed by atoms with Crippen LogP contribution in [0.4, 0.5) is 0 Å². The van der Waals surface area contributed by atoms with Crippen molar-refractivity contribution in [3.63, 3.8) is 0 Å². The third-order valence-electron chi connectivity index (χ3n) is 3.49. The van der Waals surface area contributed by atoms with Crippen molar-refractivity contribution in [2.24, 2.45) is 0 Å². The summed E-state index contributed by atoms with van der Waals surface area (Å²) in [6.45, 7) is 9.95. The maximum Gasteiger partial charge on any atom is 0.243 e. The quantitative estimate of drug-likeness (QED) is 0.841. The minimum atomic E-state index is -3.40. The van der Waals surface area contributed by atoms with Gasteiger partial charge in [0.05, 0.1) is 4.90 Å². The van der Waals surface area contributed by atoms with Crippen LogP contribution in [0.2, 0.25) is 0 Å². The minimum Gasteiger partial charge on any atom is -0.313 e. The second-order valence-corrected chi connectivity index (χ2v) is 7.16. The average Bonchev–Trinajstić information content (AvgIpc) is 2.39. The molecule has 0 aliphatic rings. The topological polar surface area (TPSA) is 49.4 Å². The summed E-state index contributed by atoms with van der Waals surface area (Å²) in [7, 11) is -1.75. The van der Waals surface area contributed by atoms with E-state index in [4.69, 9.17) is 0 Å². The highest BCUT2D eigenvalue weighted by molar-refractivity contribution is 7.89. The van der Waals surface area contributed by atoms with Crippen molar-refractivity contribution in [3.8, 4) is 0 Å². The first-order valence-electron chi connectivity index (χ1n) is 7.11. The Morgan fingerprint density at radius 3 is 2.40 bits per heavy atom. The fourth-order valence-electron chi connectivity index (χ4n) is 2.14. The molecule has 0 radical (unpaired) electrons. The highest BCUT2D eigenvalue weighted by atomic mass is 32.2. The number of nitrogens with zero attached hydrogens (tertiary/aromatic N) is 1. The Labute approximate surface area is 123 Å². The van der Waals surface area contributed by atoms with E-state index in [0.717, 1.165) is 29.7 Å².